The molecule has 2 aromatic rings. The van der Waals surface area contributed by atoms with Crippen LogP contribution in [0.3, 0.4) is 0 Å². The summed E-state index contributed by atoms with van der Waals surface area (Å²) in [6.07, 6.45) is 1.25. The van der Waals surface area contributed by atoms with Crippen LogP contribution in [0, 0.1) is 0 Å². The third-order valence-electron chi connectivity index (χ3n) is 3.48. The molecule has 1 aliphatic heterocycles. The van der Waals surface area contributed by atoms with E-state index in [1.54, 1.807) is 0 Å². The van der Waals surface area contributed by atoms with Crippen molar-refractivity contribution in [3.8, 4) is 0 Å². The van der Waals surface area contributed by atoms with Gasteiger partial charge in [0, 0.05) is 18.1 Å². The molecule has 0 radical (unpaired) electrons. The number of benzene rings is 1. The average molecular weight is 355 g/mol. The zero-order chi connectivity index (χ0) is 16.4. The van der Waals surface area contributed by atoms with E-state index in [4.69, 9.17) is 22.1 Å². The smallest absolute Gasteiger partial charge is 0.227 e. The van der Waals surface area contributed by atoms with Crippen molar-refractivity contribution >= 4 is 33.2 Å². The maximum atomic E-state index is 12.6. The SMILES string of the molecule is Nc1nc(N2CCOCC2)ncc1S(=O)(=O)c1ccc(Cl)cc1. The second kappa shape index (κ2) is 6.31. The number of sulfone groups is 1. The lowest BCUT2D eigenvalue weighted by atomic mass is 10.4. The minimum absolute atomic E-state index is 0.0727. The fraction of sp³-hybridized carbons (Fsp3) is 0.286. The zero-order valence-corrected chi connectivity index (χ0v) is 13.7. The predicted octanol–water partition coefficient (Wildman–Crippen LogP) is 1.38. The van der Waals surface area contributed by atoms with Gasteiger partial charge in [-0.15, -0.1) is 0 Å². The van der Waals surface area contributed by atoms with E-state index in [2.05, 4.69) is 9.97 Å². The number of ether oxygens (including phenoxy) is 1. The number of nitrogens with two attached hydrogens (primary N) is 1. The molecule has 9 heteroatoms. The number of morpholine rings is 1. The van der Waals surface area contributed by atoms with Crippen LogP contribution in [0.15, 0.2) is 40.3 Å². The Hall–Kier alpha value is -1.90. The Morgan fingerprint density at radius 3 is 2.43 bits per heavy atom. The molecule has 0 amide bonds. The number of nitrogen functional groups attached to an aromatic ring is 1. The van der Waals surface area contributed by atoms with Gasteiger partial charge in [-0.25, -0.2) is 13.4 Å². The number of halogens is 1. The summed E-state index contributed by atoms with van der Waals surface area (Å²) < 4.78 is 30.5. The van der Waals surface area contributed by atoms with Crippen molar-refractivity contribution in [2.75, 3.05) is 36.9 Å². The molecule has 2 N–H and O–H groups in total. The molecule has 0 unspecified atom stereocenters. The molecule has 0 atom stereocenters. The Labute approximate surface area is 139 Å². The highest BCUT2D eigenvalue weighted by atomic mass is 35.5. The number of hydrogen-bond donors (Lipinski definition) is 1. The van der Waals surface area contributed by atoms with Gasteiger partial charge in [-0.05, 0) is 24.3 Å². The lowest BCUT2D eigenvalue weighted by Gasteiger charge is -2.26. The molecule has 0 saturated carbocycles. The summed E-state index contributed by atoms with van der Waals surface area (Å²) in [4.78, 5) is 10.2. The highest BCUT2D eigenvalue weighted by Crippen LogP contribution is 2.26. The van der Waals surface area contributed by atoms with Crippen LogP contribution in [0.25, 0.3) is 0 Å². The van der Waals surface area contributed by atoms with Gasteiger partial charge in [0.15, 0.2) is 0 Å². The fourth-order valence-corrected chi connectivity index (χ4v) is 3.62. The summed E-state index contributed by atoms with van der Waals surface area (Å²) in [5.74, 6) is 0.331. The second-order valence-electron chi connectivity index (χ2n) is 4.98. The summed E-state index contributed by atoms with van der Waals surface area (Å²) in [5, 5.41) is 0.454. The van der Waals surface area contributed by atoms with E-state index in [1.807, 2.05) is 4.90 Å². The second-order valence-corrected chi connectivity index (χ2v) is 7.33. The van der Waals surface area contributed by atoms with Gasteiger partial charge >= 0.3 is 0 Å². The van der Waals surface area contributed by atoms with Gasteiger partial charge in [0.1, 0.15) is 10.7 Å². The maximum absolute atomic E-state index is 12.6. The molecule has 122 valence electrons. The molecular formula is C14H15ClN4O3S. The van der Waals surface area contributed by atoms with E-state index >= 15 is 0 Å². The van der Waals surface area contributed by atoms with Crippen molar-refractivity contribution in [1.29, 1.82) is 0 Å². The monoisotopic (exact) mass is 354 g/mol. The quantitative estimate of drug-likeness (QED) is 0.888. The molecule has 1 saturated heterocycles. The molecule has 2 heterocycles. The van der Waals surface area contributed by atoms with E-state index in [9.17, 15) is 8.42 Å². The first-order valence-corrected chi connectivity index (χ1v) is 8.80. The van der Waals surface area contributed by atoms with Crippen LogP contribution < -0.4 is 10.6 Å². The Kier molecular flexibility index (Phi) is 4.38. The van der Waals surface area contributed by atoms with E-state index in [0.717, 1.165) is 0 Å². The van der Waals surface area contributed by atoms with Gasteiger partial charge < -0.3 is 15.4 Å². The van der Waals surface area contributed by atoms with Gasteiger partial charge in [0.05, 0.1) is 24.3 Å². The van der Waals surface area contributed by atoms with Gasteiger partial charge in [-0.2, -0.15) is 4.98 Å². The number of anilines is 2. The summed E-state index contributed by atoms with van der Waals surface area (Å²) in [6.45, 7) is 2.44. The molecule has 1 aromatic heterocycles. The molecular weight excluding hydrogens is 340 g/mol. The average Bonchev–Trinajstić information content (AvgIpc) is 2.56. The molecule has 7 nitrogen and oxygen atoms in total. The first-order valence-electron chi connectivity index (χ1n) is 6.94. The topological polar surface area (TPSA) is 98.4 Å². The zero-order valence-electron chi connectivity index (χ0n) is 12.1. The first kappa shape index (κ1) is 16.0. The van der Waals surface area contributed by atoms with Crippen LogP contribution in [-0.4, -0.2) is 44.7 Å². The van der Waals surface area contributed by atoms with Crippen LogP contribution in [0.4, 0.5) is 11.8 Å². The summed E-state index contributed by atoms with van der Waals surface area (Å²) in [7, 11) is -3.79. The van der Waals surface area contributed by atoms with Crippen LogP contribution in [0.2, 0.25) is 5.02 Å². The van der Waals surface area contributed by atoms with E-state index in [0.29, 0.717) is 37.3 Å². The highest BCUT2D eigenvalue weighted by molar-refractivity contribution is 7.91. The lowest BCUT2D eigenvalue weighted by molar-refractivity contribution is 0.122. The largest absolute Gasteiger partial charge is 0.382 e. The number of rotatable bonds is 3. The third-order valence-corrected chi connectivity index (χ3v) is 5.52. The molecule has 0 bridgehead atoms. The summed E-state index contributed by atoms with van der Waals surface area (Å²) in [6, 6.07) is 5.86. The summed E-state index contributed by atoms with van der Waals surface area (Å²) in [5.41, 5.74) is 5.87. The number of aromatic nitrogens is 2. The van der Waals surface area contributed by atoms with Crippen molar-refractivity contribution in [2.45, 2.75) is 9.79 Å². The molecule has 3 rings (SSSR count). The maximum Gasteiger partial charge on any atom is 0.227 e. The van der Waals surface area contributed by atoms with E-state index < -0.39 is 9.84 Å². The van der Waals surface area contributed by atoms with E-state index in [1.165, 1.54) is 30.5 Å². The van der Waals surface area contributed by atoms with Crippen molar-refractivity contribution in [3.63, 3.8) is 0 Å². The standard InChI is InChI=1S/C14H15ClN4O3S/c15-10-1-3-11(4-2-10)23(20,21)12-9-17-14(18-13(12)16)19-5-7-22-8-6-19/h1-4,9H,5-8H2,(H2,16,17,18). The van der Waals surface area contributed by atoms with Gasteiger partial charge in [-0.3, -0.25) is 0 Å². The first-order chi connectivity index (χ1) is 11.0. The minimum Gasteiger partial charge on any atom is -0.382 e. The molecule has 1 fully saturated rings. The van der Waals surface area contributed by atoms with E-state index in [-0.39, 0.29) is 15.6 Å². The predicted molar refractivity (Wildman–Crippen MR) is 86.4 cm³/mol. The lowest BCUT2D eigenvalue weighted by Crippen LogP contribution is -2.37. The minimum atomic E-state index is -3.79. The Morgan fingerprint density at radius 1 is 1.17 bits per heavy atom. The van der Waals surface area contributed by atoms with Crippen molar-refractivity contribution in [1.82, 2.24) is 9.97 Å². The van der Waals surface area contributed by atoms with Crippen LogP contribution >= 0.6 is 11.6 Å². The van der Waals surface area contributed by atoms with Gasteiger partial charge in [-0.1, -0.05) is 11.6 Å². The molecule has 0 spiro atoms. The molecule has 23 heavy (non-hydrogen) atoms. The Morgan fingerprint density at radius 2 is 1.83 bits per heavy atom. The highest BCUT2D eigenvalue weighted by Gasteiger charge is 2.24. The van der Waals surface area contributed by atoms with Crippen LogP contribution in [-0.2, 0) is 14.6 Å². The molecule has 1 aromatic carbocycles. The Bertz CT molecular complexity index is 805. The normalized spacial score (nSPS) is 15.6. The fourth-order valence-electron chi connectivity index (χ4n) is 2.24. The van der Waals surface area contributed by atoms with Gasteiger partial charge in [0.25, 0.3) is 0 Å². The van der Waals surface area contributed by atoms with Crippen LogP contribution in [0.1, 0.15) is 0 Å². The van der Waals surface area contributed by atoms with Crippen molar-refractivity contribution in [2.24, 2.45) is 0 Å². The van der Waals surface area contributed by atoms with Crippen molar-refractivity contribution in [3.05, 3.63) is 35.5 Å². The molecule has 1 aliphatic rings. The van der Waals surface area contributed by atoms with Gasteiger partial charge in [0.2, 0.25) is 15.8 Å². The summed E-state index contributed by atoms with van der Waals surface area (Å²) >= 11 is 5.79. The molecule has 0 aliphatic carbocycles. The Balaban J connectivity index is 1.95. The van der Waals surface area contributed by atoms with Crippen LogP contribution in [0.5, 0.6) is 0 Å². The van der Waals surface area contributed by atoms with Crippen molar-refractivity contribution < 1.29 is 13.2 Å². The third kappa shape index (κ3) is 3.24. The number of nitrogens with zero attached hydrogens (tertiary/aromatic N) is 3. The number of hydrogen-bond acceptors (Lipinski definition) is 7.